The molecule has 1 aliphatic rings. The third kappa shape index (κ3) is 3.46. The van der Waals surface area contributed by atoms with E-state index in [4.69, 9.17) is 4.74 Å². The fourth-order valence-corrected chi connectivity index (χ4v) is 1.78. The number of hydrogen-bond donors (Lipinski definition) is 0. The van der Waals surface area contributed by atoms with Gasteiger partial charge in [-0.2, -0.15) is 0 Å². The smallest absolute Gasteiger partial charge is 0.305 e. The van der Waals surface area contributed by atoms with Crippen LogP contribution in [0.5, 0.6) is 0 Å². The summed E-state index contributed by atoms with van der Waals surface area (Å²) in [5, 5.41) is 0. The van der Waals surface area contributed by atoms with E-state index in [0.29, 0.717) is 32.3 Å². The lowest BCUT2D eigenvalue weighted by atomic mass is 9.84. The van der Waals surface area contributed by atoms with Crippen LogP contribution in [0.3, 0.4) is 0 Å². The summed E-state index contributed by atoms with van der Waals surface area (Å²) >= 11 is 0. The Balaban J connectivity index is 2.39. The van der Waals surface area contributed by atoms with Gasteiger partial charge in [0.1, 0.15) is 11.6 Å². The quantitative estimate of drug-likeness (QED) is 0.520. The van der Waals surface area contributed by atoms with Crippen molar-refractivity contribution in [3.63, 3.8) is 0 Å². The number of hydrogen-bond acceptors (Lipinski definition) is 4. The Bertz CT molecular complexity index is 254. The van der Waals surface area contributed by atoms with Crippen molar-refractivity contribution in [2.24, 2.45) is 5.92 Å². The molecule has 0 amide bonds. The Morgan fingerprint density at radius 3 is 2.47 bits per heavy atom. The van der Waals surface area contributed by atoms with Crippen molar-refractivity contribution >= 4 is 17.5 Å². The van der Waals surface area contributed by atoms with E-state index >= 15 is 0 Å². The minimum atomic E-state index is -0.553. The summed E-state index contributed by atoms with van der Waals surface area (Å²) in [7, 11) is 0. The summed E-state index contributed by atoms with van der Waals surface area (Å²) in [6.45, 7) is 2.07. The van der Waals surface area contributed by atoms with Crippen molar-refractivity contribution in [3.8, 4) is 0 Å². The van der Waals surface area contributed by atoms with E-state index in [2.05, 4.69) is 0 Å². The first-order chi connectivity index (χ1) is 7.15. The zero-order valence-corrected chi connectivity index (χ0v) is 8.95. The Labute approximate surface area is 89.0 Å². The van der Waals surface area contributed by atoms with Crippen LogP contribution in [0.2, 0.25) is 0 Å². The van der Waals surface area contributed by atoms with Crippen molar-refractivity contribution in [1.82, 2.24) is 0 Å². The fourth-order valence-electron chi connectivity index (χ4n) is 1.78. The molecule has 0 aliphatic heterocycles. The van der Waals surface area contributed by atoms with E-state index in [-0.39, 0.29) is 24.0 Å². The van der Waals surface area contributed by atoms with Crippen molar-refractivity contribution in [2.45, 2.75) is 39.0 Å². The second-order valence-electron chi connectivity index (χ2n) is 3.68. The molecule has 1 rings (SSSR count). The molecule has 15 heavy (non-hydrogen) atoms. The molecule has 84 valence electrons. The van der Waals surface area contributed by atoms with Crippen LogP contribution >= 0.6 is 0 Å². The molecular formula is C11H16O4. The molecule has 1 aliphatic carbocycles. The number of ketones is 2. The molecule has 0 spiro atoms. The SMILES string of the molecule is CCOC(=O)CCC1C(=O)CCCC1=O. The molecule has 0 aromatic rings. The molecule has 0 heterocycles. The molecule has 0 aromatic carbocycles. The van der Waals surface area contributed by atoms with E-state index in [1.807, 2.05) is 0 Å². The highest BCUT2D eigenvalue weighted by Crippen LogP contribution is 2.21. The first kappa shape index (κ1) is 11.9. The first-order valence-corrected chi connectivity index (χ1v) is 5.36. The maximum Gasteiger partial charge on any atom is 0.305 e. The predicted octanol–water partition coefficient (Wildman–Crippen LogP) is 1.27. The maximum absolute atomic E-state index is 11.4. The highest BCUT2D eigenvalue weighted by Gasteiger charge is 2.29. The van der Waals surface area contributed by atoms with Crippen molar-refractivity contribution in [3.05, 3.63) is 0 Å². The van der Waals surface area contributed by atoms with Crippen LogP contribution in [0.1, 0.15) is 39.0 Å². The van der Waals surface area contributed by atoms with Crippen LogP contribution in [0.25, 0.3) is 0 Å². The second kappa shape index (κ2) is 5.63. The second-order valence-corrected chi connectivity index (χ2v) is 3.68. The molecule has 0 unspecified atom stereocenters. The van der Waals surface area contributed by atoms with Crippen LogP contribution in [0.4, 0.5) is 0 Å². The molecule has 1 fully saturated rings. The van der Waals surface area contributed by atoms with E-state index in [1.54, 1.807) is 6.92 Å². The summed E-state index contributed by atoms with van der Waals surface area (Å²) in [5.41, 5.74) is 0. The lowest BCUT2D eigenvalue weighted by Crippen LogP contribution is -2.29. The predicted molar refractivity (Wildman–Crippen MR) is 53.2 cm³/mol. The normalized spacial score (nSPS) is 17.9. The highest BCUT2D eigenvalue weighted by molar-refractivity contribution is 6.04. The van der Waals surface area contributed by atoms with Crippen LogP contribution in [-0.4, -0.2) is 24.1 Å². The Morgan fingerprint density at radius 2 is 1.93 bits per heavy atom. The van der Waals surface area contributed by atoms with Crippen LogP contribution in [0, 0.1) is 5.92 Å². The number of rotatable bonds is 4. The highest BCUT2D eigenvalue weighted by atomic mass is 16.5. The molecule has 1 saturated carbocycles. The summed E-state index contributed by atoms with van der Waals surface area (Å²) < 4.78 is 4.74. The van der Waals surface area contributed by atoms with Crippen LogP contribution < -0.4 is 0 Å². The molecule has 4 nitrogen and oxygen atoms in total. The Hall–Kier alpha value is -1.19. The van der Waals surface area contributed by atoms with Crippen LogP contribution in [0.15, 0.2) is 0 Å². The van der Waals surface area contributed by atoms with Gasteiger partial charge in [-0.1, -0.05) is 0 Å². The molecule has 4 heteroatoms. The first-order valence-electron chi connectivity index (χ1n) is 5.36. The largest absolute Gasteiger partial charge is 0.466 e. The summed E-state index contributed by atoms with van der Waals surface area (Å²) in [6, 6.07) is 0. The van der Waals surface area contributed by atoms with E-state index in [1.165, 1.54) is 0 Å². The van der Waals surface area contributed by atoms with Crippen molar-refractivity contribution in [2.75, 3.05) is 6.61 Å². The minimum Gasteiger partial charge on any atom is -0.466 e. The van der Waals surface area contributed by atoms with Gasteiger partial charge in [-0.25, -0.2) is 0 Å². The lowest BCUT2D eigenvalue weighted by Gasteiger charge is -2.18. The lowest BCUT2D eigenvalue weighted by molar-refractivity contribution is -0.144. The third-order valence-electron chi connectivity index (χ3n) is 2.57. The zero-order chi connectivity index (χ0) is 11.3. The van der Waals surface area contributed by atoms with E-state index in [0.717, 1.165) is 0 Å². The van der Waals surface area contributed by atoms with Gasteiger partial charge in [0.15, 0.2) is 0 Å². The standard InChI is InChI=1S/C11H16O4/c1-2-15-11(14)7-6-8-9(12)4-3-5-10(8)13/h8H,2-7H2,1H3. The van der Waals surface area contributed by atoms with Gasteiger partial charge in [0.2, 0.25) is 0 Å². The van der Waals surface area contributed by atoms with Crippen LogP contribution in [-0.2, 0) is 19.1 Å². The zero-order valence-electron chi connectivity index (χ0n) is 8.95. The molecule has 0 saturated heterocycles. The Kier molecular flexibility index (Phi) is 4.46. The van der Waals surface area contributed by atoms with Gasteiger partial charge < -0.3 is 4.74 Å². The number of carbonyl (C=O) groups is 3. The van der Waals surface area contributed by atoms with Crippen molar-refractivity contribution in [1.29, 1.82) is 0 Å². The van der Waals surface area contributed by atoms with Gasteiger partial charge in [-0.3, -0.25) is 14.4 Å². The minimum absolute atomic E-state index is 0.0180. The summed E-state index contributed by atoms with van der Waals surface area (Å²) in [5.74, 6) is -0.919. The van der Waals surface area contributed by atoms with Gasteiger partial charge in [-0.05, 0) is 19.8 Å². The van der Waals surface area contributed by atoms with Gasteiger partial charge in [0.05, 0.1) is 12.5 Å². The number of Topliss-reactive ketones (excluding diaryl/α,β-unsaturated/α-hetero) is 2. The van der Waals surface area contributed by atoms with Gasteiger partial charge in [-0.15, -0.1) is 0 Å². The van der Waals surface area contributed by atoms with E-state index < -0.39 is 5.92 Å². The average Bonchev–Trinajstić information content (AvgIpc) is 2.17. The monoisotopic (exact) mass is 212 g/mol. The Morgan fingerprint density at radius 1 is 1.33 bits per heavy atom. The number of carbonyl (C=O) groups excluding carboxylic acids is 3. The number of esters is 1. The summed E-state index contributed by atoms with van der Waals surface area (Å²) in [6.07, 6.45) is 2.08. The molecule has 0 bridgehead atoms. The average molecular weight is 212 g/mol. The molecular weight excluding hydrogens is 196 g/mol. The molecule has 0 atom stereocenters. The molecule has 0 radical (unpaired) electrons. The topological polar surface area (TPSA) is 60.4 Å². The van der Waals surface area contributed by atoms with Gasteiger partial charge in [0, 0.05) is 19.3 Å². The van der Waals surface area contributed by atoms with Crippen molar-refractivity contribution < 1.29 is 19.1 Å². The molecule has 0 N–H and O–H groups in total. The maximum atomic E-state index is 11.4. The van der Waals surface area contributed by atoms with Gasteiger partial charge in [0.25, 0.3) is 0 Å². The fraction of sp³-hybridized carbons (Fsp3) is 0.727. The third-order valence-corrected chi connectivity index (χ3v) is 2.57. The summed E-state index contributed by atoms with van der Waals surface area (Å²) in [4.78, 5) is 33.9. The van der Waals surface area contributed by atoms with E-state index in [9.17, 15) is 14.4 Å². The molecule has 0 aromatic heterocycles. The number of ether oxygens (including phenoxy) is 1. The van der Waals surface area contributed by atoms with Gasteiger partial charge >= 0.3 is 5.97 Å².